The summed E-state index contributed by atoms with van der Waals surface area (Å²) in [7, 11) is -1.06. The summed E-state index contributed by atoms with van der Waals surface area (Å²) >= 11 is 0. The zero-order valence-corrected chi connectivity index (χ0v) is 16.3. The van der Waals surface area contributed by atoms with Gasteiger partial charge < -0.3 is 10.6 Å². The number of rotatable bonds is 6. The van der Waals surface area contributed by atoms with Gasteiger partial charge in [-0.1, -0.05) is 30.3 Å². The molecule has 7 heteroatoms. The molecule has 0 spiro atoms. The van der Waals surface area contributed by atoms with Gasteiger partial charge in [-0.2, -0.15) is 0 Å². The van der Waals surface area contributed by atoms with Crippen molar-refractivity contribution in [2.75, 3.05) is 38.2 Å². The minimum atomic E-state index is -2.82. The molecular weight excluding hydrogens is 348 g/mol. The molecular formula is C19H30N4O2S. The van der Waals surface area contributed by atoms with E-state index in [0.717, 1.165) is 32.0 Å². The first-order chi connectivity index (χ1) is 12.6. The number of hydrogen-bond acceptors (Lipinski definition) is 4. The van der Waals surface area contributed by atoms with E-state index >= 15 is 0 Å². The van der Waals surface area contributed by atoms with E-state index in [1.54, 1.807) is 7.05 Å². The zero-order chi connectivity index (χ0) is 18.4. The van der Waals surface area contributed by atoms with Gasteiger partial charge in [-0.3, -0.25) is 9.89 Å². The van der Waals surface area contributed by atoms with E-state index in [9.17, 15) is 8.42 Å². The number of nitrogens with one attached hydrogen (secondary N) is 2. The van der Waals surface area contributed by atoms with Gasteiger partial charge in [0.05, 0.1) is 11.5 Å². The third-order valence-electron chi connectivity index (χ3n) is 5.34. The SMILES string of the molecule is CN=C(NCC1CCS(=O)(=O)C1)NCC1CCCN1Cc1ccccc1. The van der Waals surface area contributed by atoms with Crippen LogP contribution in [0, 0.1) is 5.92 Å². The van der Waals surface area contributed by atoms with Crippen LogP contribution >= 0.6 is 0 Å². The van der Waals surface area contributed by atoms with Crippen molar-refractivity contribution < 1.29 is 8.42 Å². The summed E-state index contributed by atoms with van der Waals surface area (Å²) in [5.41, 5.74) is 1.35. The van der Waals surface area contributed by atoms with Crippen molar-refractivity contribution in [1.82, 2.24) is 15.5 Å². The molecule has 0 amide bonds. The predicted molar refractivity (Wildman–Crippen MR) is 106 cm³/mol. The van der Waals surface area contributed by atoms with Crippen molar-refractivity contribution in [2.24, 2.45) is 10.9 Å². The van der Waals surface area contributed by atoms with Crippen LogP contribution in [0.3, 0.4) is 0 Å². The van der Waals surface area contributed by atoms with Gasteiger partial charge in [-0.05, 0) is 37.3 Å². The third-order valence-corrected chi connectivity index (χ3v) is 7.18. The highest BCUT2D eigenvalue weighted by Gasteiger charge is 2.28. The smallest absolute Gasteiger partial charge is 0.191 e. The van der Waals surface area contributed by atoms with Gasteiger partial charge in [0.25, 0.3) is 0 Å². The van der Waals surface area contributed by atoms with Crippen LogP contribution < -0.4 is 10.6 Å². The summed E-state index contributed by atoms with van der Waals surface area (Å²) in [6.07, 6.45) is 3.17. The maximum absolute atomic E-state index is 11.6. The maximum atomic E-state index is 11.6. The van der Waals surface area contributed by atoms with E-state index in [2.05, 4.69) is 50.9 Å². The van der Waals surface area contributed by atoms with Crippen LogP contribution in [-0.4, -0.2) is 63.5 Å². The van der Waals surface area contributed by atoms with Crippen molar-refractivity contribution >= 4 is 15.8 Å². The molecule has 2 heterocycles. The van der Waals surface area contributed by atoms with Gasteiger partial charge in [0.15, 0.2) is 15.8 Å². The molecule has 0 aliphatic carbocycles. The molecule has 0 bridgehead atoms. The van der Waals surface area contributed by atoms with E-state index in [1.807, 2.05) is 0 Å². The second-order valence-electron chi connectivity index (χ2n) is 7.36. The molecule has 26 heavy (non-hydrogen) atoms. The highest BCUT2D eigenvalue weighted by Crippen LogP contribution is 2.20. The Labute approximate surface area is 157 Å². The number of guanidine groups is 1. The number of sulfone groups is 1. The Balaban J connectivity index is 1.44. The Morgan fingerprint density at radius 1 is 1.19 bits per heavy atom. The second kappa shape index (κ2) is 8.86. The van der Waals surface area contributed by atoms with Gasteiger partial charge in [0.1, 0.15) is 0 Å². The van der Waals surface area contributed by atoms with Crippen molar-refractivity contribution in [3.05, 3.63) is 35.9 Å². The summed E-state index contributed by atoms with van der Waals surface area (Å²) in [4.78, 5) is 6.81. The second-order valence-corrected chi connectivity index (χ2v) is 9.58. The van der Waals surface area contributed by atoms with Crippen LogP contribution in [0.5, 0.6) is 0 Å². The minimum absolute atomic E-state index is 0.194. The molecule has 2 saturated heterocycles. The highest BCUT2D eigenvalue weighted by molar-refractivity contribution is 7.91. The van der Waals surface area contributed by atoms with E-state index in [1.165, 1.54) is 18.4 Å². The fourth-order valence-corrected chi connectivity index (χ4v) is 5.72. The fourth-order valence-electron chi connectivity index (χ4n) is 3.86. The summed E-state index contributed by atoms with van der Waals surface area (Å²) in [5, 5.41) is 6.71. The van der Waals surface area contributed by atoms with Crippen molar-refractivity contribution in [2.45, 2.75) is 31.8 Å². The van der Waals surface area contributed by atoms with E-state index in [0.29, 0.717) is 24.1 Å². The van der Waals surface area contributed by atoms with Gasteiger partial charge in [-0.25, -0.2) is 8.42 Å². The number of nitrogens with zero attached hydrogens (tertiary/aromatic N) is 2. The Hall–Kier alpha value is -1.60. The molecule has 0 saturated carbocycles. The Bertz CT molecular complexity index is 706. The average Bonchev–Trinajstić information content (AvgIpc) is 3.22. The molecule has 0 aromatic heterocycles. The topological polar surface area (TPSA) is 73.8 Å². The molecule has 2 atom stereocenters. The fraction of sp³-hybridized carbons (Fsp3) is 0.632. The summed E-state index contributed by atoms with van der Waals surface area (Å²) in [6.45, 7) is 3.64. The Morgan fingerprint density at radius 3 is 2.65 bits per heavy atom. The zero-order valence-electron chi connectivity index (χ0n) is 15.5. The number of benzene rings is 1. The summed E-state index contributed by atoms with van der Waals surface area (Å²) in [5.74, 6) is 1.58. The molecule has 2 aliphatic heterocycles. The molecule has 2 unspecified atom stereocenters. The first kappa shape index (κ1) is 19.2. The molecule has 2 aliphatic rings. The maximum Gasteiger partial charge on any atom is 0.191 e. The van der Waals surface area contributed by atoms with Gasteiger partial charge in [0, 0.05) is 32.7 Å². The quantitative estimate of drug-likeness (QED) is 0.576. The molecule has 0 radical (unpaired) electrons. The third kappa shape index (κ3) is 5.45. The predicted octanol–water partition coefficient (Wildman–Crippen LogP) is 1.25. The lowest BCUT2D eigenvalue weighted by Crippen LogP contribution is -2.45. The Morgan fingerprint density at radius 2 is 1.96 bits per heavy atom. The number of aliphatic imine (C=N–C) groups is 1. The van der Waals surface area contributed by atoms with E-state index in [4.69, 9.17) is 0 Å². The first-order valence-electron chi connectivity index (χ1n) is 9.48. The first-order valence-corrected chi connectivity index (χ1v) is 11.3. The molecule has 1 aromatic rings. The Kier molecular flexibility index (Phi) is 6.53. The molecule has 144 valence electrons. The van der Waals surface area contributed by atoms with Crippen LogP contribution in [0.1, 0.15) is 24.8 Å². The lowest BCUT2D eigenvalue weighted by molar-refractivity contribution is 0.245. The lowest BCUT2D eigenvalue weighted by atomic mass is 10.1. The van der Waals surface area contributed by atoms with Gasteiger partial charge in [-0.15, -0.1) is 0 Å². The van der Waals surface area contributed by atoms with Crippen molar-refractivity contribution in [3.8, 4) is 0 Å². The summed E-state index contributed by atoms with van der Waals surface area (Å²) in [6, 6.07) is 11.1. The number of likely N-dealkylation sites (tertiary alicyclic amines) is 1. The van der Waals surface area contributed by atoms with Crippen molar-refractivity contribution in [3.63, 3.8) is 0 Å². The highest BCUT2D eigenvalue weighted by atomic mass is 32.2. The molecule has 2 fully saturated rings. The summed E-state index contributed by atoms with van der Waals surface area (Å²) < 4.78 is 23.1. The monoisotopic (exact) mass is 378 g/mol. The van der Waals surface area contributed by atoms with Crippen LogP contribution in [0.15, 0.2) is 35.3 Å². The standard InChI is InChI=1S/C19H30N4O2S/c1-20-19(21-12-17-9-11-26(24,25)15-17)22-13-18-8-5-10-23(18)14-16-6-3-2-4-7-16/h2-4,6-7,17-18H,5,8-15H2,1H3,(H2,20,21,22). The van der Waals surface area contributed by atoms with Gasteiger partial charge in [0.2, 0.25) is 0 Å². The largest absolute Gasteiger partial charge is 0.356 e. The molecule has 2 N–H and O–H groups in total. The number of hydrogen-bond donors (Lipinski definition) is 2. The van der Waals surface area contributed by atoms with Gasteiger partial charge >= 0.3 is 0 Å². The van der Waals surface area contributed by atoms with Crippen LogP contribution in [-0.2, 0) is 16.4 Å². The normalized spacial score (nSPS) is 26.1. The van der Waals surface area contributed by atoms with E-state index in [-0.39, 0.29) is 5.92 Å². The van der Waals surface area contributed by atoms with E-state index < -0.39 is 9.84 Å². The van der Waals surface area contributed by atoms with Crippen LogP contribution in [0.25, 0.3) is 0 Å². The van der Waals surface area contributed by atoms with Crippen LogP contribution in [0.4, 0.5) is 0 Å². The lowest BCUT2D eigenvalue weighted by Gasteiger charge is -2.25. The molecule has 3 rings (SSSR count). The minimum Gasteiger partial charge on any atom is -0.356 e. The van der Waals surface area contributed by atoms with Crippen molar-refractivity contribution in [1.29, 1.82) is 0 Å². The molecule has 6 nitrogen and oxygen atoms in total. The molecule has 1 aromatic carbocycles. The van der Waals surface area contributed by atoms with Crippen LogP contribution in [0.2, 0.25) is 0 Å². The average molecular weight is 379 g/mol.